The minimum Gasteiger partial charge on any atom is -0.364 e. The van der Waals surface area contributed by atoms with Gasteiger partial charge in [0, 0.05) is 56.1 Å². The molecule has 4 heterocycles. The molecule has 1 aliphatic carbocycles. The Morgan fingerprint density at radius 3 is 2.78 bits per heavy atom. The van der Waals surface area contributed by atoms with Gasteiger partial charge in [0.05, 0.1) is 17.4 Å². The van der Waals surface area contributed by atoms with Crippen LogP contribution in [0, 0.1) is 5.82 Å². The van der Waals surface area contributed by atoms with Gasteiger partial charge in [-0.1, -0.05) is 6.92 Å². The molecule has 166 valence electrons. The predicted molar refractivity (Wildman–Crippen MR) is 119 cm³/mol. The maximum Gasteiger partial charge on any atom is 0.269 e. The maximum absolute atomic E-state index is 15.2. The number of aromatic nitrogens is 3. The molecule has 9 heteroatoms. The molecule has 0 radical (unpaired) electrons. The number of rotatable bonds is 5. The summed E-state index contributed by atoms with van der Waals surface area (Å²) in [5.74, 6) is -0.604. The molecule has 0 aromatic carbocycles. The van der Waals surface area contributed by atoms with E-state index in [-0.39, 0.29) is 17.0 Å². The fraction of sp³-hybridized carbons (Fsp3) is 0.391. The van der Waals surface area contributed by atoms with Crippen molar-refractivity contribution in [1.82, 2.24) is 25.2 Å². The molecule has 0 unspecified atom stereocenters. The zero-order chi connectivity index (χ0) is 22.4. The van der Waals surface area contributed by atoms with E-state index in [1.54, 1.807) is 31.6 Å². The molecule has 2 aliphatic rings. The van der Waals surface area contributed by atoms with Crippen LogP contribution in [0.1, 0.15) is 35.0 Å². The Labute approximate surface area is 184 Å². The molecular weight excluding hydrogens is 411 g/mol. The Kier molecular flexibility index (Phi) is 5.13. The van der Waals surface area contributed by atoms with Gasteiger partial charge in [-0.15, -0.1) is 0 Å². The fourth-order valence-corrected chi connectivity index (χ4v) is 4.59. The molecule has 0 spiro atoms. The van der Waals surface area contributed by atoms with Gasteiger partial charge in [0.15, 0.2) is 5.82 Å². The van der Waals surface area contributed by atoms with Crippen molar-refractivity contribution in [1.29, 1.82) is 0 Å². The van der Waals surface area contributed by atoms with E-state index in [1.165, 1.54) is 0 Å². The first-order chi connectivity index (χ1) is 15.5. The zero-order valence-corrected chi connectivity index (χ0v) is 18.1. The Balaban J connectivity index is 1.31. The topological polar surface area (TPSA) is 94.2 Å². The normalized spacial score (nSPS) is 20.3. The Bertz CT molecular complexity index is 1240. The van der Waals surface area contributed by atoms with Crippen molar-refractivity contribution in [2.75, 3.05) is 25.0 Å². The van der Waals surface area contributed by atoms with Crippen LogP contribution in [0.5, 0.6) is 0 Å². The Morgan fingerprint density at radius 1 is 1.22 bits per heavy atom. The molecule has 1 amide bonds. The van der Waals surface area contributed by atoms with Gasteiger partial charge in [0.25, 0.3) is 11.5 Å². The number of anilines is 1. The first-order valence-electron chi connectivity index (χ1n) is 10.9. The van der Waals surface area contributed by atoms with Gasteiger partial charge < -0.3 is 15.2 Å². The number of amides is 1. The van der Waals surface area contributed by atoms with Crippen molar-refractivity contribution in [2.45, 2.75) is 38.4 Å². The number of H-pyrrole nitrogens is 1. The lowest BCUT2D eigenvalue weighted by molar-refractivity contribution is 0.0958. The van der Waals surface area contributed by atoms with Crippen molar-refractivity contribution in [2.24, 2.45) is 0 Å². The Hall–Kier alpha value is -3.33. The minimum atomic E-state index is -0.400. The van der Waals surface area contributed by atoms with E-state index in [1.807, 2.05) is 13.0 Å². The van der Waals surface area contributed by atoms with Crippen LogP contribution in [0.2, 0.25) is 0 Å². The maximum atomic E-state index is 15.2. The van der Waals surface area contributed by atoms with Crippen LogP contribution in [-0.4, -0.2) is 58.0 Å². The number of nitrogens with zero attached hydrogens (tertiary/aromatic N) is 4. The number of hydrogen-bond donors (Lipinski definition) is 2. The monoisotopic (exact) mass is 436 g/mol. The SMILES string of the molecule is CCc1cc2ncc(CN3CCN(c4ccc(C(=O)NC)nc4)[C@@H]4C[C@@H]43)c(F)c2[nH]c1=O. The van der Waals surface area contributed by atoms with Gasteiger partial charge in [0.1, 0.15) is 11.2 Å². The van der Waals surface area contributed by atoms with Crippen LogP contribution in [-0.2, 0) is 13.0 Å². The highest BCUT2D eigenvalue weighted by Gasteiger charge is 2.49. The van der Waals surface area contributed by atoms with Gasteiger partial charge in [-0.2, -0.15) is 0 Å². The number of carbonyl (C=O) groups is 1. The number of carbonyl (C=O) groups excluding carboxylic acids is 1. The highest BCUT2D eigenvalue weighted by atomic mass is 19.1. The Morgan fingerprint density at radius 2 is 2.06 bits per heavy atom. The summed E-state index contributed by atoms with van der Waals surface area (Å²) >= 11 is 0. The lowest BCUT2D eigenvalue weighted by Crippen LogP contribution is -2.46. The molecule has 1 saturated heterocycles. The molecule has 32 heavy (non-hydrogen) atoms. The third-order valence-corrected chi connectivity index (χ3v) is 6.47. The summed E-state index contributed by atoms with van der Waals surface area (Å²) in [6.45, 7) is 3.91. The van der Waals surface area contributed by atoms with Crippen LogP contribution in [0.4, 0.5) is 10.1 Å². The summed E-state index contributed by atoms with van der Waals surface area (Å²) in [5.41, 5.74) is 2.88. The number of aromatic amines is 1. The molecule has 3 aromatic heterocycles. The molecule has 1 aliphatic heterocycles. The van der Waals surface area contributed by atoms with Crippen molar-refractivity contribution >= 4 is 22.6 Å². The molecule has 2 fully saturated rings. The summed E-state index contributed by atoms with van der Waals surface area (Å²) in [6.07, 6.45) is 4.90. The van der Waals surface area contributed by atoms with Gasteiger partial charge in [0.2, 0.25) is 0 Å². The average molecular weight is 436 g/mol. The summed E-state index contributed by atoms with van der Waals surface area (Å²) in [5, 5.41) is 2.57. The van der Waals surface area contributed by atoms with Crippen LogP contribution in [0.15, 0.2) is 35.4 Å². The smallest absolute Gasteiger partial charge is 0.269 e. The number of nitrogens with one attached hydrogen (secondary N) is 2. The average Bonchev–Trinajstić information content (AvgIpc) is 3.62. The van der Waals surface area contributed by atoms with Gasteiger partial charge >= 0.3 is 0 Å². The molecule has 2 N–H and O–H groups in total. The number of halogens is 1. The molecule has 5 rings (SSSR count). The second-order valence-corrected chi connectivity index (χ2v) is 8.35. The number of fused-ring (bicyclic) bond motifs is 2. The van der Waals surface area contributed by atoms with E-state index in [0.717, 1.165) is 25.2 Å². The second kappa shape index (κ2) is 7.98. The summed E-state index contributed by atoms with van der Waals surface area (Å²) in [6, 6.07) is 6.01. The first-order valence-corrected chi connectivity index (χ1v) is 10.9. The van der Waals surface area contributed by atoms with Gasteiger partial charge in [-0.25, -0.2) is 9.37 Å². The first kappa shape index (κ1) is 20.6. The van der Waals surface area contributed by atoms with E-state index in [9.17, 15) is 9.59 Å². The van der Waals surface area contributed by atoms with Crippen molar-refractivity contribution < 1.29 is 9.18 Å². The molecule has 1 saturated carbocycles. The largest absolute Gasteiger partial charge is 0.364 e. The predicted octanol–water partition coefficient (Wildman–Crippen LogP) is 1.84. The molecule has 2 atom stereocenters. The van der Waals surface area contributed by atoms with Crippen LogP contribution >= 0.6 is 0 Å². The van der Waals surface area contributed by atoms with E-state index >= 15 is 4.39 Å². The zero-order valence-electron chi connectivity index (χ0n) is 18.1. The molecule has 8 nitrogen and oxygen atoms in total. The van der Waals surface area contributed by atoms with Gasteiger partial charge in [-0.3, -0.25) is 19.5 Å². The number of pyridine rings is 3. The standard InChI is InChI=1S/C23H25FN6O2/c1-3-13-8-17-21(28-22(13)31)20(24)14(10-26-17)12-29-6-7-30(19-9-18(19)29)15-4-5-16(27-11-15)23(32)25-2/h4-5,8,10-11,18-19H,3,6-7,9,12H2,1-2H3,(H,25,32)(H,28,31)/t18-,19+/m0/s1. The lowest BCUT2D eigenvalue weighted by atomic mass is 10.1. The summed E-state index contributed by atoms with van der Waals surface area (Å²) in [4.78, 5) is 39.7. The molecular formula is C23H25FN6O2. The van der Waals surface area contributed by atoms with E-state index in [2.05, 4.69) is 30.1 Å². The highest BCUT2D eigenvalue weighted by molar-refractivity contribution is 5.92. The summed E-state index contributed by atoms with van der Waals surface area (Å²) < 4.78 is 15.2. The summed E-state index contributed by atoms with van der Waals surface area (Å²) in [7, 11) is 1.58. The number of aryl methyl sites for hydroxylation is 1. The second-order valence-electron chi connectivity index (χ2n) is 8.35. The third-order valence-electron chi connectivity index (χ3n) is 6.47. The van der Waals surface area contributed by atoms with Crippen LogP contribution in [0.25, 0.3) is 11.0 Å². The molecule has 3 aromatic rings. The fourth-order valence-electron chi connectivity index (χ4n) is 4.59. The van der Waals surface area contributed by atoms with Crippen molar-refractivity contribution in [3.05, 3.63) is 63.6 Å². The van der Waals surface area contributed by atoms with E-state index in [0.29, 0.717) is 47.4 Å². The van der Waals surface area contributed by atoms with E-state index < -0.39 is 5.82 Å². The lowest BCUT2D eigenvalue weighted by Gasteiger charge is -2.35. The van der Waals surface area contributed by atoms with Crippen LogP contribution < -0.4 is 15.8 Å². The van der Waals surface area contributed by atoms with E-state index in [4.69, 9.17) is 0 Å². The molecule has 0 bridgehead atoms. The number of hydrogen-bond acceptors (Lipinski definition) is 6. The van der Waals surface area contributed by atoms with Gasteiger partial charge in [-0.05, 0) is 31.0 Å². The van der Waals surface area contributed by atoms with Crippen molar-refractivity contribution in [3.63, 3.8) is 0 Å². The quantitative estimate of drug-likeness (QED) is 0.634. The minimum absolute atomic E-state index is 0.179. The van der Waals surface area contributed by atoms with Crippen molar-refractivity contribution in [3.8, 4) is 0 Å². The number of piperazine rings is 1. The highest BCUT2D eigenvalue weighted by Crippen LogP contribution is 2.40. The van der Waals surface area contributed by atoms with Crippen LogP contribution in [0.3, 0.4) is 0 Å². The third kappa shape index (κ3) is 3.52.